The highest BCUT2D eigenvalue weighted by atomic mass is 19.4. The molecular weight excluding hydrogens is 203 g/mol. The lowest BCUT2D eigenvalue weighted by molar-refractivity contribution is -0.173. The number of ether oxygens (including phenoxy) is 1. The molecule has 14 heavy (non-hydrogen) atoms. The van der Waals surface area contributed by atoms with Crippen molar-refractivity contribution in [1.29, 1.82) is 0 Å². The molecule has 1 N–H and O–H groups in total. The maximum atomic E-state index is 11.7. The van der Waals surface area contributed by atoms with Gasteiger partial charge in [-0.3, -0.25) is 9.59 Å². The molecule has 80 valence electrons. The predicted octanol–water partition coefficient (Wildman–Crippen LogP) is 0.0229. The molecule has 1 aliphatic heterocycles. The van der Waals surface area contributed by atoms with Crippen LogP contribution in [0.15, 0.2) is 0 Å². The molecule has 1 unspecified atom stereocenters. The number of ketones is 1. The molecule has 1 rings (SSSR count). The van der Waals surface area contributed by atoms with Crippen LogP contribution in [0.1, 0.15) is 6.92 Å². The van der Waals surface area contributed by atoms with Crippen LogP contribution >= 0.6 is 0 Å². The molecule has 0 aromatic rings. The summed E-state index contributed by atoms with van der Waals surface area (Å²) < 4.78 is 39.7. The molecule has 0 aromatic heterocycles. The molecule has 1 heterocycles. The number of nitrogens with one attached hydrogen (secondary N) is 1. The number of hydrogen-bond acceptors (Lipinski definition) is 3. The SMILES string of the molecule is CC1(C(=O)CNC(=O)C(F)(F)F)CO1. The summed E-state index contributed by atoms with van der Waals surface area (Å²) >= 11 is 0. The summed E-state index contributed by atoms with van der Waals surface area (Å²) in [5, 5.41) is 1.48. The van der Waals surface area contributed by atoms with Crippen molar-refractivity contribution < 1.29 is 27.5 Å². The second kappa shape index (κ2) is 3.23. The lowest BCUT2D eigenvalue weighted by Crippen LogP contribution is -2.42. The Bertz CT molecular complexity index is 253. The Morgan fingerprint density at radius 2 is 2.00 bits per heavy atom. The van der Waals surface area contributed by atoms with E-state index in [-0.39, 0.29) is 6.61 Å². The third-order valence-corrected chi connectivity index (χ3v) is 1.83. The van der Waals surface area contributed by atoms with Crippen LogP contribution in [0.2, 0.25) is 0 Å². The van der Waals surface area contributed by atoms with Crippen molar-refractivity contribution in [2.24, 2.45) is 0 Å². The van der Waals surface area contributed by atoms with Gasteiger partial charge in [-0.15, -0.1) is 0 Å². The van der Waals surface area contributed by atoms with Crippen LogP contribution in [0.25, 0.3) is 0 Å². The zero-order valence-electron chi connectivity index (χ0n) is 7.27. The minimum Gasteiger partial charge on any atom is -0.362 e. The van der Waals surface area contributed by atoms with E-state index in [2.05, 4.69) is 0 Å². The first-order valence-corrected chi connectivity index (χ1v) is 3.78. The Morgan fingerprint density at radius 3 is 2.36 bits per heavy atom. The van der Waals surface area contributed by atoms with Crippen molar-refractivity contribution in [2.45, 2.75) is 18.7 Å². The van der Waals surface area contributed by atoms with Crippen LogP contribution < -0.4 is 5.32 Å². The van der Waals surface area contributed by atoms with Crippen molar-refractivity contribution in [3.05, 3.63) is 0 Å². The number of amides is 1. The lowest BCUT2D eigenvalue weighted by Gasteiger charge is -2.08. The minimum atomic E-state index is -4.95. The van der Waals surface area contributed by atoms with Crippen LogP contribution in [0.4, 0.5) is 13.2 Å². The Kier molecular flexibility index (Phi) is 2.53. The summed E-state index contributed by atoms with van der Waals surface area (Å²) in [4.78, 5) is 21.3. The van der Waals surface area contributed by atoms with E-state index in [4.69, 9.17) is 4.74 Å². The molecule has 4 nitrogen and oxygen atoms in total. The van der Waals surface area contributed by atoms with Crippen molar-refractivity contribution in [3.63, 3.8) is 0 Å². The first kappa shape index (κ1) is 11.0. The zero-order chi connectivity index (χ0) is 11.0. The van der Waals surface area contributed by atoms with E-state index in [0.29, 0.717) is 0 Å². The highest BCUT2D eigenvalue weighted by Crippen LogP contribution is 2.26. The first-order chi connectivity index (χ1) is 6.26. The number of carbonyl (C=O) groups is 2. The summed E-state index contributed by atoms with van der Waals surface area (Å²) in [6, 6.07) is 0. The molecular formula is C7H8F3NO3. The maximum Gasteiger partial charge on any atom is 0.471 e. The van der Waals surface area contributed by atoms with Crippen molar-refractivity contribution in [2.75, 3.05) is 13.2 Å². The number of carbonyl (C=O) groups excluding carboxylic acids is 2. The highest BCUT2D eigenvalue weighted by Gasteiger charge is 2.47. The summed E-state index contributed by atoms with van der Waals surface area (Å²) in [5.41, 5.74) is -1.00. The molecule has 1 amide bonds. The monoisotopic (exact) mass is 211 g/mol. The number of halogens is 3. The van der Waals surface area contributed by atoms with Crippen molar-refractivity contribution in [3.8, 4) is 0 Å². The van der Waals surface area contributed by atoms with E-state index < -0.39 is 30.0 Å². The molecule has 1 atom stereocenters. The second-order valence-electron chi connectivity index (χ2n) is 3.12. The van der Waals surface area contributed by atoms with Gasteiger partial charge in [0.1, 0.15) is 5.60 Å². The van der Waals surface area contributed by atoms with Crippen LogP contribution in [0.3, 0.4) is 0 Å². The van der Waals surface area contributed by atoms with E-state index in [1.165, 1.54) is 12.2 Å². The molecule has 1 aliphatic rings. The molecule has 0 saturated carbocycles. The largest absolute Gasteiger partial charge is 0.471 e. The molecule has 0 spiro atoms. The maximum absolute atomic E-state index is 11.7. The van der Waals surface area contributed by atoms with Gasteiger partial charge in [0.25, 0.3) is 0 Å². The van der Waals surface area contributed by atoms with Crippen LogP contribution in [0.5, 0.6) is 0 Å². The number of epoxide rings is 1. The van der Waals surface area contributed by atoms with Crippen molar-refractivity contribution in [1.82, 2.24) is 5.32 Å². The van der Waals surface area contributed by atoms with Gasteiger partial charge in [0.05, 0.1) is 13.2 Å². The van der Waals surface area contributed by atoms with Crippen molar-refractivity contribution >= 4 is 11.7 Å². The molecule has 0 aliphatic carbocycles. The van der Waals surface area contributed by atoms with Crippen LogP contribution in [-0.4, -0.2) is 36.6 Å². The fourth-order valence-electron chi connectivity index (χ4n) is 0.717. The molecule has 0 radical (unpaired) electrons. The van der Waals surface area contributed by atoms with Gasteiger partial charge in [0.2, 0.25) is 0 Å². The van der Waals surface area contributed by atoms with Crippen LogP contribution in [-0.2, 0) is 14.3 Å². The van der Waals surface area contributed by atoms with E-state index >= 15 is 0 Å². The average molecular weight is 211 g/mol. The van der Waals surface area contributed by atoms with Gasteiger partial charge in [-0.25, -0.2) is 0 Å². The Hall–Kier alpha value is -1.11. The Labute approximate surface area is 77.4 Å². The quantitative estimate of drug-likeness (QED) is 0.669. The number of Topliss-reactive ketones (excluding diaryl/α,β-unsaturated/α-hetero) is 1. The zero-order valence-corrected chi connectivity index (χ0v) is 7.27. The normalized spacial score (nSPS) is 25.7. The second-order valence-corrected chi connectivity index (χ2v) is 3.12. The highest BCUT2D eigenvalue weighted by molar-refractivity contribution is 5.94. The fraction of sp³-hybridized carbons (Fsp3) is 0.714. The standard InChI is InChI=1S/C7H8F3NO3/c1-6(3-14-6)4(12)2-11-5(13)7(8,9)10/h2-3H2,1H3,(H,11,13). The van der Waals surface area contributed by atoms with Gasteiger partial charge < -0.3 is 10.1 Å². The molecule has 0 aromatic carbocycles. The van der Waals surface area contributed by atoms with Gasteiger partial charge >= 0.3 is 12.1 Å². The minimum absolute atomic E-state index is 0.188. The molecule has 7 heteroatoms. The summed E-state index contributed by atoms with van der Waals surface area (Å²) in [6.07, 6.45) is -4.95. The van der Waals surface area contributed by atoms with E-state index in [1.54, 1.807) is 0 Å². The summed E-state index contributed by atoms with van der Waals surface area (Å²) in [6.45, 7) is 0.984. The van der Waals surface area contributed by atoms with Gasteiger partial charge in [-0.1, -0.05) is 0 Å². The third kappa shape index (κ3) is 2.44. The summed E-state index contributed by atoms with van der Waals surface area (Å²) in [5.74, 6) is -2.68. The Balaban J connectivity index is 2.34. The third-order valence-electron chi connectivity index (χ3n) is 1.83. The number of hydrogen-bond donors (Lipinski definition) is 1. The fourth-order valence-corrected chi connectivity index (χ4v) is 0.717. The average Bonchev–Trinajstić information content (AvgIpc) is 2.78. The topological polar surface area (TPSA) is 58.7 Å². The number of alkyl halides is 3. The predicted molar refractivity (Wildman–Crippen MR) is 38.4 cm³/mol. The van der Waals surface area contributed by atoms with Crippen LogP contribution in [0, 0.1) is 0 Å². The van der Waals surface area contributed by atoms with E-state index in [9.17, 15) is 22.8 Å². The van der Waals surface area contributed by atoms with Gasteiger partial charge in [-0.05, 0) is 6.92 Å². The molecule has 1 saturated heterocycles. The lowest BCUT2D eigenvalue weighted by atomic mass is 10.1. The van der Waals surface area contributed by atoms with Gasteiger partial charge in [0, 0.05) is 0 Å². The molecule has 1 fully saturated rings. The van der Waals surface area contributed by atoms with Gasteiger partial charge in [0.15, 0.2) is 5.78 Å². The van der Waals surface area contributed by atoms with E-state index in [0.717, 1.165) is 0 Å². The molecule has 0 bridgehead atoms. The van der Waals surface area contributed by atoms with E-state index in [1.807, 2.05) is 0 Å². The first-order valence-electron chi connectivity index (χ1n) is 3.78. The smallest absolute Gasteiger partial charge is 0.362 e. The Morgan fingerprint density at radius 1 is 1.50 bits per heavy atom. The van der Waals surface area contributed by atoms with Gasteiger partial charge in [-0.2, -0.15) is 13.2 Å². The number of rotatable bonds is 3. The summed E-state index contributed by atoms with van der Waals surface area (Å²) in [7, 11) is 0.